The highest BCUT2D eigenvalue weighted by Crippen LogP contribution is 2.40. The maximum absolute atomic E-state index is 13.1. The van der Waals surface area contributed by atoms with Crippen LogP contribution in [0.1, 0.15) is 5.69 Å². The molecule has 2 aliphatic heterocycles. The Hall–Kier alpha value is -4.17. The molecule has 1 aromatic carbocycles. The number of aliphatic carboxylic acids is 1. The van der Waals surface area contributed by atoms with Gasteiger partial charge in [0.1, 0.15) is 29.9 Å². The maximum atomic E-state index is 13.1. The monoisotopic (exact) mass is 540 g/mol. The van der Waals surface area contributed by atoms with Crippen molar-refractivity contribution in [1.29, 1.82) is 0 Å². The summed E-state index contributed by atoms with van der Waals surface area (Å²) in [6, 6.07) is 8.39. The van der Waals surface area contributed by atoms with Gasteiger partial charge in [-0.2, -0.15) is 4.57 Å². The number of thiazole rings is 1. The molecule has 14 heteroatoms. The number of β-lactam (4-membered cyclic amide) rings is 1. The molecule has 0 saturated carbocycles. The fourth-order valence-corrected chi connectivity index (χ4v) is 6.24. The molecule has 0 spiro atoms. The van der Waals surface area contributed by atoms with Crippen LogP contribution in [0.25, 0.3) is 10.9 Å². The largest absolute Gasteiger partial charge is 0.477 e. The Balaban J connectivity index is 1.39. The lowest BCUT2D eigenvalue weighted by Crippen LogP contribution is -2.71. The van der Waals surface area contributed by atoms with Crippen molar-refractivity contribution in [3.05, 3.63) is 58.9 Å². The van der Waals surface area contributed by atoms with Crippen molar-refractivity contribution in [1.82, 2.24) is 15.2 Å². The van der Waals surface area contributed by atoms with Crippen molar-refractivity contribution < 1.29 is 28.9 Å². The molecule has 2 aromatic heterocycles. The molecule has 0 bridgehead atoms. The van der Waals surface area contributed by atoms with Gasteiger partial charge in [0.2, 0.25) is 5.52 Å². The van der Waals surface area contributed by atoms with Crippen LogP contribution in [0.3, 0.4) is 0 Å². The quantitative estimate of drug-likeness (QED) is 0.144. The number of carboxylic acids is 1. The van der Waals surface area contributed by atoms with Crippen LogP contribution in [0.15, 0.2) is 58.3 Å². The summed E-state index contributed by atoms with van der Waals surface area (Å²) >= 11 is 2.51. The molecular weight excluding hydrogens is 518 g/mol. The number of benzene rings is 1. The summed E-state index contributed by atoms with van der Waals surface area (Å²) in [6.07, 6.45) is 1.80. The summed E-state index contributed by atoms with van der Waals surface area (Å²) in [7, 11) is 1.28. The summed E-state index contributed by atoms with van der Waals surface area (Å²) in [6.45, 7) is 0.263. The molecule has 1 saturated heterocycles. The van der Waals surface area contributed by atoms with Gasteiger partial charge in [-0.3, -0.25) is 14.5 Å². The number of nitrogens with zero attached hydrogens (tertiary/aromatic N) is 4. The SMILES string of the molecule is CO/N=C(\C(=O)NC1C(=O)N2C(C(=O)O)=C(C[n+]3ccc(N)c4ccccc43)CS[C@H]12)c1csc(N)n1. The Kier molecular flexibility index (Phi) is 6.43. The number of nitrogen functional groups attached to an aromatic ring is 2. The summed E-state index contributed by atoms with van der Waals surface area (Å²) in [5.74, 6) is -2.06. The number of oxime groups is 1. The average Bonchev–Trinajstić information content (AvgIpc) is 3.32. The molecule has 12 nitrogen and oxygen atoms in total. The van der Waals surface area contributed by atoms with Gasteiger partial charge in [-0.05, 0) is 6.07 Å². The number of nitrogens with two attached hydrogens (primary N) is 2. The van der Waals surface area contributed by atoms with Crippen molar-refractivity contribution in [2.45, 2.75) is 18.0 Å². The molecular formula is C23H22N7O5S2+. The Morgan fingerprint density at radius 3 is 2.81 bits per heavy atom. The lowest BCUT2D eigenvalue weighted by Gasteiger charge is -2.49. The van der Waals surface area contributed by atoms with E-state index in [4.69, 9.17) is 16.3 Å². The second-order valence-corrected chi connectivity index (χ2v) is 10.2. The molecule has 2 aliphatic rings. The van der Waals surface area contributed by atoms with E-state index in [1.165, 1.54) is 23.8 Å². The molecule has 0 radical (unpaired) electrons. The van der Waals surface area contributed by atoms with E-state index in [2.05, 4.69) is 15.5 Å². The fraction of sp³-hybridized carbons (Fsp3) is 0.217. The molecule has 2 amide bonds. The summed E-state index contributed by atoms with van der Waals surface area (Å²) in [5.41, 5.74) is 13.8. The van der Waals surface area contributed by atoms with Gasteiger partial charge in [0.15, 0.2) is 23.6 Å². The van der Waals surface area contributed by atoms with Crippen LogP contribution < -0.4 is 21.4 Å². The van der Waals surface area contributed by atoms with Gasteiger partial charge in [-0.25, -0.2) is 9.78 Å². The van der Waals surface area contributed by atoms with Crippen LogP contribution in [-0.4, -0.2) is 62.8 Å². The first kappa shape index (κ1) is 24.5. The number of carbonyl (C=O) groups excluding carboxylic acids is 2. The van der Waals surface area contributed by atoms with Gasteiger partial charge in [-0.1, -0.05) is 17.3 Å². The first-order valence-corrected chi connectivity index (χ1v) is 12.9. The van der Waals surface area contributed by atoms with E-state index in [9.17, 15) is 19.5 Å². The molecule has 190 valence electrons. The lowest BCUT2D eigenvalue weighted by molar-refractivity contribution is -0.663. The van der Waals surface area contributed by atoms with E-state index in [1.807, 2.05) is 28.8 Å². The number of aromatic nitrogens is 2. The Morgan fingerprint density at radius 2 is 2.11 bits per heavy atom. The second kappa shape index (κ2) is 9.71. The predicted molar refractivity (Wildman–Crippen MR) is 138 cm³/mol. The van der Waals surface area contributed by atoms with Gasteiger partial charge in [0.25, 0.3) is 11.8 Å². The van der Waals surface area contributed by atoms with Crippen LogP contribution in [0.5, 0.6) is 0 Å². The number of pyridine rings is 1. The van der Waals surface area contributed by atoms with E-state index in [0.29, 0.717) is 17.0 Å². The van der Waals surface area contributed by atoms with Crippen LogP contribution in [0.4, 0.5) is 10.8 Å². The lowest BCUT2D eigenvalue weighted by atomic mass is 10.0. The van der Waals surface area contributed by atoms with E-state index in [0.717, 1.165) is 22.2 Å². The minimum Gasteiger partial charge on any atom is -0.477 e. The van der Waals surface area contributed by atoms with Gasteiger partial charge in [-0.15, -0.1) is 23.1 Å². The van der Waals surface area contributed by atoms with Crippen molar-refractivity contribution >= 4 is 68.3 Å². The third-order valence-corrected chi connectivity index (χ3v) is 8.03. The second-order valence-electron chi connectivity index (χ2n) is 8.23. The predicted octanol–water partition coefficient (Wildman–Crippen LogP) is 0.538. The minimum atomic E-state index is -1.21. The molecule has 2 atom stereocenters. The first-order valence-electron chi connectivity index (χ1n) is 11.0. The highest BCUT2D eigenvalue weighted by atomic mass is 32.2. The molecule has 1 fully saturated rings. The number of amides is 2. The number of carboxylic acid groups (broad SMARTS) is 1. The zero-order chi connectivity index (χ0) is 26.3. The Bertz CT molecular complexity index is 1500. The topological polar surface area (TPSA) is 177 Å². The molecule has 1 unspecified atom stereocenters. The molecule has 5 rings (SSSR count). The highest BCUT2D eigenvalue weighted by Gasteiger charge is 2.54. The van der Waals surface area contributed by atoms with Crippen LogP contribution >= 0.6 is 23.1 Å². The summed E-state index contributed by atoms with van der Waals surface area (Å²) < 4.78 is 1.90. The van der Waals surface area contributed by atoms with Gasteiger partial charge in [0, 0.05) is 28.8 Å². The van der Waals surface area contributed by atoms with Gasteiger partial charge in [0.05, 0.1) is 11.1 Å². The zero-order valence-electron chi connectivity index (χ0n) is 19.5. The van der Waals surface area contributed by atoms with E-state index in [1.54, 1.807) is 17.6 Å². The number of thioether (sulfide) groups is 1. The number of anilines is 2. The Labute approximate surface area is 218 Å². The number of rotatable bonds is 7. The molecule has 3 aromatic rings. The van der Waals surface area contributed by atoms with Crippen molar-refractivity contribution in [3.8, 4) is 0 Å². The first-order chi connectivity index (χ1) is 17.8. The number of para-hydroxylation sites is 1. The van der Waals surface area contributed by atoms with Crippen molar-refractivity contribution in [2.75, 3.05) is 24.3 Å². The number of fused-ring (bicyclic) bond motifs is 2. The summed E-state index contributed by atoms with van der Waals surface area (Å²) in [4.78, 5) is 48.3. The molecule has 6 N–H and O–H groups in total. The highest BCUT2D eigenvalue weighted by molar-refractivity contribution is 8.00. The third-order valence-electron chi connectivity index (χ3n) is 6.02. The number of carbonyl (C=O) groups is 3. The standard InChI is InChI=1S/C23H21N7O5S2/c1-35-28-16(14-10-37-23(25)26-14)19(31)27-17-20(32)30-18(22(33)34)11(9-36-21(17)30)8-29-7-6-13(24)12-4-2-3-5-15(12)29/h2-7,10,17,21,24H,8-9H2,1H3,(H4,25,26,27,31,33,34)/p+1/b28-16-/t17?,21-/m1/s1. The molecule has 0 aliphatic carbocycles. The minimum absolute atomic E-state index is 0.0780. The number of hydrogen-bond acceptors (Lipinski definition) is 10. The van der Waals surface area contributed by atoms with Crippen molar-refractivity contribution in [2.24, 2.45) is 5.16 Å². The molecule has 37 heavy (non-hydrogen) atoms. The van der Waals surface area contributed by atoms with E-state index in [-0.39, 0.29) is 28.8 Å². The zero-order valence-corrected chi connectivity index (χ0v) is 21.1. The van der Waals surface area contributed by atoms with Crippen LogP contribution in [0, 0.1) is 0 Å². The van der Waals surface area contributed by atoms with Gasteiger partial charge < -0.3 is 26.7 Å². The Morgan fingerprint density at radius 1 is 1.32 bits per heavy atom. The fourth-order valence-electron chi connectivity index (χ4n) is 4.36. The van der Waals surface area contributed by atoms with Crippen LogP contribution in [0.2, 0.25) is 0 Å². The van der Waals surface area contributed by atoms with E-state index < -0.39 is 29.2 Å². The smallest absolute Gasteiger partial charge is 0.352 e. The van der Waals surface area contributed by atoms with Gasteiger partial charge >= 0.3 is 5.97 Å². The third kappa shape index (κ3) is 4.34. The average molecular weight is 541 g/mol. The maximum Gasteiger partial charge on any atom is 0.352 e. The van der Waals surface area contributed by atoms with Crippen molar-refractivity contribution in [3.63, 3.8) is 0 Å². The molecule has 4 heterocycles. The number of nitrogens with one attached hydrogen (secondary N) is 1. The normalized spacial score (nSPS) is 19.4. The summed E-state index contributed by atoms with van der Waals surface area (Å²) in [5, 5.41) is 18.5. The van der Waals surface area contributed by atoms with E-state index >= 15 is 0 Å². The van der Waals surface area contributed by atoms with Crippen LogP contribution in [-0.2, 0) is 25.8 Å². The number of hydrogen-bond donors (Lipinski definition) is 4.